The Hall–Kier alpha value is -3.87. The number of aryl methyl sites for hydroxylation is 1. The van der Waals surface area contributed by atoms with Crippen molar-refractivity contribution in [1.29, 1.82) is 0 Å². The van der Waals surface area contributed by atoms with Crippen LogP contribution in [0.15, 0.2) is 54.7 Å². The first-order valence-corrected chi connectivity index (χ1v) is 9.75. The maximum atomic E-state index is 12.6. The third-order valence-electron chi connectivity index (χ3n) is 5.04. The zero-order valence-electron chi connectivity index (χ0n) is 16.4. The fraction of sp³-hybridized carbons (Fsp3) is 0.174. The summed E-state index contributed by atoms with van der Waals surface area (Å²) in [4.78, 5) is 17.0. The zero-order valence-corrected chi connectivity index (χ0v) is 16.4. The summed E-state index contributed by atoms with van der Waals surface area (Å²) < 4.78 is 11.1. The molecule has 5 rings (SSSR count). The minimum atomic E-state index is -0.150. The van der Waals surface area contributed by atoms with Crippen molar-refractivity contribution in [1.82, 2.24) is 15.2 Å². The van der Waals surface area contributed by atoms with Gasteiger partial charge < -0.3 is 14.8 Å². The molecule has 1 amide bonds. The predicted octanol–water partition coefficient (Wildman–Crippen LogP) is 3.89. The number of anilines is 1. The van der Waals surface area contributed by atoms with Gasteiger partial charge in [-0.25, -0.2) is 0 Å². The highest BCUT2D eigenvalue weighted by atomic mass is 16.6. The first-order chi connectivity index (χ1) is 14.7. The number of aromatic amines is 1. The van der Waals surface area contributed by atoms with Crippen LogP contribution in [0.25, 0.3) is 22.0 Å². The Labute approximate surface area is 173 Å². The molecule has 2 aromatic carbocycles. The van der Waals surface area contributed by atoms with Crippen LogP contribution in [0.5, 0.6) is 11.5 Å². The molecule has 4 aromatic rings. The van der Waals surface area contributed by atoms with Gasteiger partial charge in [0.2, 0.25) is 5.91 Å². The smallest absolute Gasteiger partial charge is 0.230 e. The molecular weight excluding hydrogens is 380 g/mol. The van der Waals surface area contributed by atoms with E-state index in [1.54, 1.807) is 0 Å². The molecule has 0 saturated heterocycles. The molecule has 3 heterocycles. The van der Waals surface area contributed by atoms with Gasteiger partial charge in [-0.15, -0.1) is 0 Å². The molecule has 0 unspecified atom stereocenters. The number of hydrogen-bond acceptors (Lipinski definition) is 5. The number of H-pyrrole nitrogens is 1. The van der Waals surface area contributed by atoms with Crippen LogP contribution in [0.2, 0.25) is 0 Å². The molecule has 2 aromatic heterocycles. The lowest BCUT2D eigenvalue weighted by Gasteiger charge is -2.18. The van der Waals surface area contributed by atoms with Crippen molar-refractivity contribution >= 4 is 22.6 Å². The number of carbonyl (C=O) groups excluding carboxylic acids is 1. The predicted molar refractivity (Wildman–Crippen MR) is 114 cm³/mol. The lowest BCUT2D eigenvalue weighted by atomic mass is 10.1. The Morgan fingerprint density at radius 3 is 2.70 bits per heavy atom. The number of nitrogens with zero attached hydrogens (tertiary/aromatic N) is 2. The van der Waals surface area contributed by atoms with Gasteiger partial charge in [0.25, 0.3) is 0 Å². The summed E-state index contributed by atoms with van der Waals surface area (Å²) in [7, 11) is 0. The lowest BCUT2D eigenvalue weighted by molar-refractivity contribution is -0.115. The number of nitrogens with one attached hydrogen (secondary N) is 2. The molecule has 1 aliphatic heterocycles. The minimum Gasteiger partial charge on any atom is -0.486 e. The molecule has 0 aliphatic carbocycles. The van der Waals surface area contributed by atoms with Crippen LogP contribution < -0.4 is 14.8 Å². The Kier molecular flexibility index (Phi) is 4.55. The number of aromatic nitrogens is 3. The molecule has 0 radical (unpaired) electrons. The fourth-order valence-electron chi connectivity index (χ4n) is 3.49. The summed E-state index contributed by atoms with van der Waals surface area (Å²) in [5.41, 5.74) is 4.70. The number of hydrogen-bond donors (Lipinski definition) is 2. The molecule has 7 heteroatoms. The highest BCUT2D eigenvalue weighted by molar-refractivity contribution is 6.01. The molecule has 0 bridgehead atoms. The normalized spacial score (nSPS) is 12.7. The van der Waals surface area contributed by atoms with Gasteiger partial charge in [-0.2, -0.15) is 5.10 Å². The van der Waals surface area contributed by atoms with Crippen molar-refractivity contribution in [2.45, 2.75) is 13.3 Å². The van der Waals surface area contributed by atoms with Crippen LogP contribution in [0.1, 0.15) is 11.3 Å². The fourth-order valence-corrected chi connectivity index (χ4v) is 3.49. The van der Waals surface area contributed by atoms with E-state index in [1.807, 2.05) is 61.7 Å². The van der Waals surface area contributed by atoms with Crippen LogP contribution in [0.4, 0.5) is 5.82 Å². The third kappa shape index (κ3) is 3.57. The summed E-state index contributed by atoms with van der Waals surface area (Å²) in [5.74, 6) is 1.74. The molecule has 0 atom stereocenters. The van der Waals surface area contributed by atoms with E-state index in [0.29, 0.717) is 30.5 Å². The summed E-state index contributed by atoms with van der Waals surface area (Å²) in [6.45, 7) is 3.01. The Balaban J connectivity index is 1.36. The van der Waals surface area contributed by atoms with Crippen LogP contribution in [-0.4, -0.2) is 34.3 Å². The van der Waals surface area contributed by atoms with Crippen molar-refractivity contribution in [3.05, 3.63) is 66.0 Å². The van der Waals surface area contributed by atoms with Gasteiger partial charge >= 0.3 is 0 Å². The Morgan fingerprint density at radius 1 is 1.03 bits per heavy atom. The van der Waals surface area contributed by atoms with E-state index in [2.05, 4.69) is 20.5 Å². The first kappa shape index (κ1) is 18.2. The number of rotatable bonds is 4. The molecule has 1 aliphatic rings. The van der Waals surface area contributed by atoms with Gasteiger partial charge in [-0.05, 0) is 48.4 Å². The number of amides is 1. The second kappa shape index (κ2) is 7.51. The molecule has 150 valence electrons. The highest BCUT2D eigenvalue weighted by Crippen LogP contribution is 2.31. The highest BCUT2D eigenvalue weighted by Gasteiger charge is 2.15. The van der Waals surface area contributed by atoms with Crippen LogP contribution in [0, 0.1) is 6.92 Å². The maximum Gasteiger partial charge on any atom is 0.230 e. The maximum absolute atomic E-state index is 12.6. The average molecular weight is 400 g/mol. The van der Waals surface area contributed by atoms with Crippen LogP contribution in [-0.2, 0) is 11.2 Å². The van der Waals surface area contributed by atoms with Gasteiger partial charge in [0.1, 0.15) is 13.2 Å². The van der Waals surface area contributed by atoms with Gasteiger partial charge in [-0.1, -0.05) is 18.2 Å². The van der Waals surface area contributed by atoms with Crippen molar-refractivity contribution in [2.75, 3.05) is 18.5 Å². The number of carbonyl (C=O) groups is 1. The summed E-state index contributed by atoms with van der Waals surface area (Å²) in [6.07, 6.45) is 2.06. The lowest BCUT2D eigenvalue weighted by Crippen LogP contribution is -2.17. The quantitative estimate of drug-likeness (QED) is 0.543. The van der Waals surface area contributed by atoms with Crippen LogP contribution >= 0.6 is 0 Å². The van der Waals surface area contributed by atoms with Gasteiger partial charge in [0.15, 0.2) is 17.3 Å². The number of ether oxygens (including phenoxy) is 2. The van der Waals surface area contributed by atoms with E-state index in [4.69, 9.17) is 9.47 Å². The van der Waals surface area contributed by atoms with E-state index >= 15 is 0 Å². The molecule has 0 saturated carbocycles. The van der Waals surface area contributed by atoms with Crippen molar-refractivity contribution in [3.63, 3.8) is 0 Å². The van der Waals surface area contributed by atoms with Gasteiger partial charge in [0, 0.05) is 22.8 Å². The number of pyridine rings is 1. The molecule has 0 fully saturated rings. The molecular formula is C23H20N4O3. The largest absolute Gasteiger partial charge is 0.486 e. The average Bonchev–Trinajstić information content (AvgIpc) is 3.16. The Bertz CT molecular complexity index is 1230. The number of fused-ring (bicyclic) bond motifs is 2. The second-order valence-corrected chi connectivity index (χ2v) is 7.22. The number of benzene rings is 2. The SMILES string of the molecule is Cc1ccc(-c2ccc3[nH]nc(NC(=O)Cc4ccc5c(c4)OCCO5)c3c2)cn1. The molecule has 0 spiro atoms. The van der Waals surface area contributed by atoms with E-state index < -0.39 is 0 Å². The first-order valence-electron chi connectivity index (χ1n) is 9.75. The monoisotopic (exact) mass is 400 g/mol. The third-order valence-corrected chi connectivity index (χ3v) is 5.04. The molecule has 2 N–H and O–H groups in total. The zero-order chi connectivity index (χ0) is 20.5. The topological polar surface area (TPSA) is 89.1 Å². The van der Waals surface area contributed by atoms with Crippen LogP contribution in [0.3, 0.4) is 0 Å². The van der Waals surface area contributed by atoms with Gasteiger partial charge in [-0.3, -0.25) is 14.9 Å². The summed E-state index contributed by atoms with van der Waals surface area (Å²) in [6, 6.07) is 15.5. The van der Waals surface area contributed by atoms with Crippen molar-refractivity contribution in [3.8, 4) is 22.6 Å². The van der Waals surface area contributed by atoms with E-state index in [9.17, 15) is 4.79 Å². The standard InChI is InChI=1S/C23H20N4O3/c1-14-2-4-17(13-24-14)16-5-6-19-18(12-16)23(27-26-19)25-22(28)11-15-3-7-20-21(10-15)30-9-8-29-20/h2-7,10,12-13H,8-9,11H2,1H3,(H2,25,26,27,28). The molecule has 30 heavy (non-hydrogen) atoms. The van der Waals surface area contributed by atoms with E-state index in [1.165, 1.54) is 0 Å². The Morgan fingerprint density at radius 2 is 1.87 bits per heavy atom. The van der Waals surface area contributed by atoms with Crippen molar-refractivity contribution in [2.24, 2.45) is 0 Å². The second-order valence-electron chi connectivity index (χ2n) is 7.22. The minimum absolute atomic E-state index is 0.150. The van der Waals surface area contributed by atoms with Gasteiger partial charge in [0.05, 0.1) is 11.9 Å². The molecule has 7 nitrogen and oxygen atoms in total. The summed E-state index contributed by atoms with van der Waals surface area (Å²) >= 11 is 0. The van der Waals surface area contributed by atoms with E-state index in [0.717, 1.165) is 33.3 Å². The van der Waals surface area contributed by atoms with Crippen molar-refractivity contribution < 1.29 is 14.3 Å². The summed E-state index contributed by atoms with van der Waals surface area (Å²) in [5, 5.41) is 11.0. The van der Waals surface area contributed by atoms with E-state index in [-0.39, 0.29) is 12.3 Å².